The van der Waals surface area contributed by atoms with Crippen LogP contribution in [0.4, 0.5) is 0 Å². The van der Waals surface area contributed by atoms with Crippen molar-refractivity contribution in [3.63, 3.8) is 0 Å². The minimum atomic E-state index is 0.339. The summed E-state index contributed by atoms with van der Waals surface area (Å²) in [6, 6.07) is 5.53. The number of halogens is 3. The van der Waals surface area contributed by atoms with Gasteiger partial charge in [0.25, 0.3) is 0 Å². The molecule has 2 rings (SSSR count). The van der Waals surface area contributed by atoms with E-state index in [9.17, 15) is 0 Å². The summed E-state index contributed by atoms with van der Waals surface area (Å²) in [6.45, 7) is 0. The first-order valence-corrected chi connectivity index (χ1v) is 5.84. The van der Waals surface area contributed by atoms with Crippen molar-refractivity contribution in [3.8, 4) is 5.69 Å². The molecular formula is C9H6BrCl2N3. The average molecular weight is 307 g/mol. The molecule has 0 unspecified atom stereocenters. The highest BCUT2D eigenvalue weighted by molar-refractivity contribution is 9.10. The van der Waals surface area contributed by atoms with Crippen LogP contribution in [0.3, 0.4) is 0 Å². The van der Waals surface area contributed by atoms with Gasteiger partial charge in [-0.15, -0.1) is 16.7 Å². The summed E-state index contributed by atoms with van der Waals surface area (Å²) in [5, 5.41) is 8.44. The monoisotopic (exact) mass is 305 g/mol. The van der Waals surface area contributed by atoms with Gasteiger partial charge in [-0.25, -0.2) is 4.68 Å². The highest BCUT2D eigenvalue weighted by Crippen LogP contribution is 2.23. The Kier molecular flexibility index (Phi) is 3.29. The maximum atomic E-state index is 6.04. The molecule has 0 saturated carbocycles. The molecule has 0 amide bonds. The van der Waals surface area contributed by atoms with E-state index in [-0.39, 0.29) is 0 Å². The maximum Gasteiger partial charge on any atom is 0.0979 e. The summed E-state index contributed by atoms with van der Waals surface area (Å²) < 4.78 is 2.54. The summed E-state index contributed by atoms with van der Waals surface area (Å²) in [7, 11) is 0. The van der Waals surface area contributed by atoms with Gasteiger partial charge in [0.2, 0.25) is 0 Å². The third-order valence-electron chi connectivity index (χ3n) is 1.83. The Labute approximate surface area is 105 Å². The molecule has 3 nitrogen and oxygen atoms in total. The fourth-order valence-electron chi connectivity index (χ4n) is 1.14. The van der Waals surface area contributed by atoms with Crippen LogP contribution in [0.15, 0.2) is 28.9 Å². The molecule has 78 valence electrons. The predicted octanol–water partition coefficient (Wildman–Crippen LogP) is 3.42. The first-order valence-electron chi connectivity index (χ1n) is 4.13. The fourth-order valence-corrected chi connectivity index (χ4v) is 1.81. The van der Waals surface area contributed by atoms with Crippen molar-refractivity contribution >= 4 is 39.1 Å². The molecule has 1 aromatic carbocycles. The van der Waals surface area contributed by atoms with Gasteiger partial charge in [0.05, 0.1) is 28.5 Å². The van der Waals surface area contributed by atoms with E-state index < -0.39 is 0 Å². The number of rotatable bonds is 2. The molecule has 0 aliphatic carbocycles. The smallest absolute Gasteiger partial charge is 0.0979 e. The van der Waals surface area contributed by atoms with Crippen LogP contribution in [0.25, 0.3) is 5.69 Å². The standard InChI is InChI=1S/C9H6BrCl2N3/c10-6-1-2-8(12)9(3-6)15-5-7(4-11)13-14-15/h1-3,5H,4H2. The zero-order valence-electron chi connectivity index (χ0n) is 7.49. The molecule has 0 aliphatic heterocycles. The number of benzene rings is 1. The summed E-state index contributed by atoms with van der Waals surface area (Å²) in [6.07, 6.45) is 1.75. The Morgan fingerprint density at radius 1 is 1.40 bits per heavy atom. The molecule has 15 heavy (non-hydrogen) atoms. The Morgan fingerprint density at radius 3 is 2.87 bits per heavy atom. The van der Waals surface area contributed by atoms with Crippen LogP contribution >= 0.6 is 39.1 Å². The zero-order chi connectivity index (χ0) is 10.8. The van der Waals surface area contributed by atoms with Gasteiger partial charge in [0.1, 0.15) is 0 Å². The summed E-state index contributed by atoms with van der Waals surface area (Å²) in [5.74, 6) is 0.339. The Bertz CT molecular complexity index is 484. The molecule has 6 heteroatoms. The molecule has 0 N–H and O–H groups in total. The lowest BCUT2D eigenvalue weighted by molar-refractivity contribution is 0.800. The maximum absolute atomic E-state index is 6.04. The van der Waals surface area contributed by atoms with Gasteiger partial charge in [-0.05, 0) is 18.2 Å². The normalized spacial score (nSPS) is 10.6. The Balaban J connectivity index is 2.48. The van der Waals surface area contributed by atoms with Crippen LogP contribution in [0.5, 0.6) is 0 Å². The van der Waals surface area contributed by atoms with Gasteiger partial charge in [0.15, 0.2) is 0 Å². The Hall–Kier alpha value is -0.580. The van der Waals surface area contributed by atoms with E-state index >= 15 is 0 Å². The number of aromatic nitrogens is 3. The molecule has 0 bridgehead atoms. The zero-order valence-corrected chi connectivity index (χ0v) is 10.6. The van der Waals surface area contributed by atoms with Crippen LogP contribution in [0, 0.1) is 0 Å². The second-order valence-electron chi connectivity index (χ2n) is 2.88. The molecule has 0 fully saturated rings. The minimum absolute atomic E-state index is 0.339. The van der Waals surface area contributed by atoms with Crippen LogP contribution in [0.2, 0.25) is 5.02 Å². The van der Waals surface area contributed by atoms with Crippen molar-refractivity contribution in [1.29, 1.82) is 0 Å². The van der Waals surface area contributed by atoms with Gasteiger partial charge >= 0.3 is 0 Å². The van der Waals surface area contributed by atoms with E-state index in [0.717, 1.165) is 10.2 Å². The van der Waals surface area contributed by atoms with Gasteiger partial charge in [-0.3, -0.25) is 0 Å². The molecule has 0 atom stereocenters. The van der Waals surface area contributed by atoms with Gasteiger partial charge in [-0.1, -0.05) is 32.7 Å². The van der Waals surface area contributed by atoms with Crippen molar-refractivity contribution in [3.05, 3.63) is 39.6 Å². The topological polar surface area (TPSA) is 30.7 Å². The SMILES string of the molecule is ClCc1cn(-c2cc(Br)ccc2Cl)nn1. The van der Waals surface area contributed by atoms with E-state index in [2.05, 4.69) is 26.2 Å². The van der Waals surface area contributed by atoms with Crippen LogP contribution in [-0.2, 0) is 5.88 Å². The fraction of sp³-hybridized carbons (Fsp3) is 0.111. The number of alkyl halides is 1. The quantitative estimate of drug-likeness (QED) is 0.796. The van der Waals surface area contributed by atoms with Crippen molar-refractivity contribution in [2.75, 3.05) is 0 Å². The highest BCUT2D eigenvalue weighted by Gasteiger charge is 2.06. The predicted molar refractivity (Wildman–Crippen MR) is 63.6 cm³/mol. The van der Waals surface area contributed by atoms with Crippen LogP contribution in [-0.4, -0.2) is 15.0 Å². The molecular weight excluding hydrogens is 301 g/mol. The lowest BCUT2D eigenvalue weighted by atomic mass is 10.3. The molecule has 0 spiro atoms. The molecule has 2 aromatic rings. The van der Waals surface area contributed by atoms with E-state index in [0.29, 0.717) is 16.6 Å². The first kappa shape index (κ1) is 10.9. The van der Waals surface area contributed by atoms with Gasteiger partial charge in [-0.2, -0.15) is 0 Å². The number of hydrogen-bond donors (Lipinski definition) is 0. The molecule has 0 saturated heterocycles. The van der Waals surface area contributed by atoms with Gasteiger partial charge in [0, 0.05) is 4.47 Å². The summed E-state index contributed by atoms with van der Waals surface area (Å²) in [4.78, 5) is 0. The van der Waals surface area contributed by atoms with Crippen molar-refractivity contribution < 1.29 is 0 Å². The second-order valence-corrected chi connectivity index (χ2v) is 4.47. The summed E-state index contributed by atoms with van der Waals surface area (Å²) in [5.41, 5.74) is 1.49. The minimum Gasteiger partial charge on any atom is -0.219 e. The molecule has 1 heterocycles. The largest absolute Gasteiger partial charge is 0.219 e. The molecule has 1 aromatic heterocycles. The third-order valence-corrected chi connectivity index (χ3v) is 2.92. The highest BCUT2D eigenvalue weighted by atomic mass is 79.9. The summed E-state index contributed by atoms with van der Waals surface area (Å²) >= 11 is 15.1. The van der Waals surface area contributed by atoms with E-state index in [1.807, 2.05) is 12.1 Å². The lowest BCUT2D eigenvalue weighted by Gasteiger charge is -2.03. The van der Waals surface area contributed by atoms with Crippen molar-refractivity contribution in [2.45, 2.75) is 5.88 Å². The second kappa shape index (κ2) is 4.51. The molecule has 0 radical (unpaired) electrons. The van der Waals surface area contributed by atoms with Crippen LogP contribution < -0.4 is 0 Å². The van der Waals surface area contributed by atoms with Crippen molar-refractivity contribution in [2.24, 2.45) is 0 Å². The van der Waals surface area contributed by atoms with E-state index in [1.54, 1.807) is 16.9 Å². The first-order chi connectivity index (χ1) is 7.20. The van der Waals surface area contributed by atoms with E-state index in [4.69, 9.17) is 23.2 Å². The molecule has 0 aliphatic rings. The van der Waals surface area contributed by atoms with Crippen molar-refractivity contribution in [1.82, 2.24) is 15.0 Å². The van der Waals surface area contributed by atoms with Crippen LogP contribution in [0.1, 0.15) is 5.69 Å². The Morgan fingerprint density at radius 2 is 2.20 bits per heavy atom. The third kappa shape index (κ3) is 2.33. The number of hydrogen-bond acceptors (Lipinski definition) is 2. The lowest BCUT2D eigenvalue weighted by Crippen LogP contribution is -1.95. The van der Waals surface area contributed by atoms with Gasteiger partial charge < -0.3 is 0 Å². The van der Waals surface area contributed by atoms with E-state index in [1.165, 1.54) is 0 Å². The number of nitrogens with zero attached hydrogens (tertiary/aromatic N) is 3. The average Bonchev–Trinajstić information content (AvgIpc) is 2.70.